The molecular formula is C15H24O3Si. The molecule has 2 bridgehead atoms. The van der Waals surface area contributed by atoms with E-state index >= 15 is 0 Å². The third-order valence-electron chi connectivity index (χ3n) is 3.74. The van der Waals surface area contributed by atoms with Gasteiger partial charge in [0.2, 0.25) is 0 Å². The highest BCUT2D eigenvalue weighted by Gasteiger charge is 2.43. The van der Waals surface area contributed by atoms with E-state index in [1.165, 1.54) is 6.42 Å². The normalized spacial score (nSPS) is 28.5. The van der Waals surface area contributed by atoms with Crippen molar-refractivity contribution in [3.8, 4) is 11.5 Å². The van der Waals surface area contributed by atoms with Gasteiger partial charge in [-0.2, -0.15) is 0 Å². The van der Waals surface area contributed by atoms with Gasteiger partial charge in [0.15, 0.2) is 0 Å². The molecule has 3 nitrogen and oxygen atoms in total. The fourth-order valence-electron chi connectivity index (χ4n) is 2.91. The van der Waals surface area contributed by atoms with Crippen LogP contribution in [0.25, 0.3) is 0 Å². The highest BCUT2D eigenvalue weighted by atomic mass is 28.4. The molecule has 0 heterocycles. The van der Waals surface area contributed by atoms with Gasteiger partial charge in [0.1, 0.15) is 0 Å². The average Bonchev–Trinajstić information content (AvgIpc) is 2.98. The molecule has 2 aliphatic rings. The van der Waals surface area contributed by atoms with Crippen LogP contribution in [0, 0.1) is 22.8 Å². The highest BCUT2D eigenvalue weighted by molar-refractivity contribution is 6.69. The summed E-state index contributed by atoms with van der Waals surface area (Å²) in [6.45, 7) is 7.60. The van der Waals surface area contributed by atoms with Gasteiger partial charge in [-0.05, 0) is 51.5 Å². The lowest BCUT2D eigenvalue weighted by Crippen LogP contribution is -2.45. The molecule has 0 aromatic rings. The van der Waals surface area contributed by atoms with Crippen molar-refractivity contribution in [2.45, 2.75) is 40.0 Å². The van der Waals surface area contributed by atoms with Gasteiger partial charge in [-0.25, -0.2) is 0 Å². The lowest BCUT2D eigenvalue weighted by atomic mass is 9.89. The van der Waals surface area contributed by atoms with Crippen LogP contribution in [0.3, 0.4) is 0 Å². The molecule has 2 aliphatic carbocycles. The van der Waals surface area contributed by atoms with E-state index in [0.717, 1.165) is 18.8 Å². The molecule has 2 atom stereocenters. The standard InChI is InChI=1S/C15H24O3Si/c1-4-16-19(17-5-2,18-6-3)12-11-15-9-7-14(13-15)8-10-15/h7,9,14H,4-6,8,10,13H2,1-3H3. The summed E-state index contributed by atoms with van der Waals surface area (Å²) in [6, 6.07) is 0. The Labute approximate surface area is 117 Å². The van der Waals surface area contributed by atoms with E-state index in [2.05, 4.69) is 23.6 Å². The van der Waals surface area contributed by atoms with Crippen molar-refractivity contribution >= 4 is 8.80 Å². The molecule has 0 N–H and O–H groups in total. The maximum Gasteiger partial charge on any atom is 0.591 e. The van der Waals surface area contributed by atoms with Crippen LogP contribution in [-0.2, 0) is 13.3 Å². The lowest BCUT2D eigenvalue weighted by molar-refractivity contribution is 0.0869. The Morgan fingerprint density at radius 3 is 2.16 bits per heavy atom. The monoisotopic (exact) mass is 280 g/mol. The van der Waals surface area contributed by atoms with Crippen LogP contribution in [0.15, 0.2) is 12.2 Å². The molecule has 0 aromatic heterocycles. The topological polar surface area (TPSA) is 27.7 Å². The largest absolute Gasteiger partial charge is 0.591 e. The number of allylic oxidation sites excluding steroid dienone is 2. The number of fused-ring (bicyclic) bond motifs is 2. The van der Waals surface area contributed by atoms with Crippen molar-refractivity contribution in [1.29, 1.82) is 0 Å². The molecule has 2 rings (SSSR count). The van der Waals surface area contributed by atoms with Crippen LogP contribution in [0.4, 0.5) is 0 Å². The SMILES string of the molecule is CCO[Si](C#CC12C=CC(CC1)C2)(OCC)OCC. The number of hydrogen-bond donors (Lipinski definition) is 0. The molecule has 2 unspecified atom stereocenters. The second kappa shape index (κ2) is 6.23. The Kier molecular flexibility index (Phi) is 4.85. The quantitative estimate of drug-likeness (QED) is 0.425. The zero-order valence-corrected chi connectivity index (χ0v) is 13.2. The Morgan fingerprint density at radius 2 is 1.79 bits per heavy atom. The van der Waals surface area contributed by atoms with E-state index in [1.54, 1.807) is 0 Å². The summed E-state index contributed by atoms with van der Waals surface area (Å²) in [6.07, 6.45) is 8.17. The molecule has 0 aromatic carbocycles. The van der Waals surface area contributed by atoms with Crippen molar-refractivity contribution in [2.75, 3.05) is 19.8 Å². The summed E-state index contributed by atoms with van der Waals surface area (Å²) in [5, 5.41) is 0. The van der Waals surface area contributed by atoms with Gasteiger partial charge in [-0.3, -0.25) is 0 Å². The lowest BCUT2D eigenvalue weighted by Gasteiger charge is -2.24. The van der Waals surface area contributed by atoms with Crippen LogP contribution in [0.1, 0.15) is 40.0 Å². The third kappa shape index (κ3) is 3.29. The van der Waals surface area contributed by atoms with Crippen LogP contribution in [-0.4, -0.2) is 28.6 Å². The van der Waals surface area contributed by atoms with Gasteiger partial charge in [0, 0.05) is 25.2 Å². The van der Waals surface area contributed by atoms with Crippen molar-refractivity contribution in [3.05, 3.63) is 12.2 Å². The fourth-order valence-corrected chi connectivity index (χ4v) is 4.92. The molecule has 0 radical (unpaired) electrons. The average molecular weight is 280 g/mol. The second-order valence-electron chi connectivity index (χ2n) is 5.12. The zero-order valence-electron chi connectivity index (χ0n) is 12.2. The van der Waals surface area contributed by atoms with E-state index in [9.17, 15) is 0 Å². The summed E-state index contributed by atoms with van der Waals surface area (Å²) in [4.78, 5) is 0. The van der Waals surface area contributed by atoms with Gasteiger partial charge in [0.25, 0.3) is 0 Å². The molecule has 4 heteroatoms. The van der Waals surface area contributed by atoms with Gasteiger partial charge in [0.05, 0.1) is 0 Å². The summed E-state index contributed by atoms with van der Waals surface area (Å²) in [5.41, 5.74) is 3.33. The van der Waals surface area contributed by atoms with E-state index < -0.39 is 8.80 Å². The van der Waals surface area contributed by atoms with E-state index in [4.69, 9.17) is 13.3 Å². The van der Waals surface area contributed by atoms with Crippen molar-refractivity contribution in [2.24, 2.45) is 11.3 Å². The third-order valence-corrected chi connectivity index (χ3v) is 6.18. The zero-order chi connectivity index (χ0) is 13.8. The predicted octanol–water partition coefficient (Wildman–Crippen LogP) is 2.93. The van der Waals surface area contributed by atoms with E-state index in [0.29, 0.717) is 19.8 Å². The van der Waals surface area contributed by atoms with E-state index in [-0.39, 0.29) is 5.41 Å². The number of hydrogen-bond acceptors (Lipinski definition) is 3. The Bertz CT molecular complexity index is 379. The van der Waals surface area contributed by atoms with Crippen molar-refractivity contribution in [1.82, 2.24) is 0 Å². The minimum atomic E-state index is -2.80. The molecule has 0 saturated heterocycles. The first-order valence-electron chi connectivity index (χ1n) is 7.33. The van der Waals surface area contributed by atoms with E-state index in [1.807, 2.05) is 20.8 Å². The maximum atomic E-state index is 5.77. The molecule has 106 valence electrons. The van der Waals surface area contributed by atoms with Crippen molar-refractivity contribution in [3.63, 3.8) is 0 Å². The first-order chi connectivity index (χ1) is 9.17. The van der Waals surface area contributed by atoms with Crippen molar-refractivity contribution < 1.29 is 13.3 Å². The Morgan fingerprint density at radius 1 is 1.16 bits per heavy atom. The molecule has 1 fully saturated rings. The van der Waals surface area contributed by atoms with Gasteiger partial charge >= 0.3 is 8.80 Å². The summed E-state index contributed by atoms with van der Waals surface area (Å²) in [7, 11) is -2.80. The van der Waals surface area contributed by atoms with Crippen LogP contribution in [0.5, 0.6) is 0 Å². The van der Waals surface area contributed by atoms with Gasteiger partial charge in [-0.1, -0.05) is 18.1 Å². The first kappa shape index (κ1) is 14.8. The fraction of sp³-hybridized carbons (Fsp3) is 0.733. The minimum Gasteiger partial charge on any atom is -0.364 e. The Hall–Kier alpha value is -0.603. The predicted molar refractivity (Wildman–Crippen MR) is 77.3 cm³/mol. The molecular weight excluding hydrogens is 256 g/mol. The summed E-state index contributed by atoms with van der Waals surface area (Å²) >= 11 is 0. The second-order valence-corrected chi connectivity index (χ2v) is 7.35. The summed E-state index contributed by atoms with van der Waals surface area (Å²) < 4.78 is 17.3. The number of rotatable bonds is 6. The van der Waals surface area contributed by atoms with Crippen LogP contribution < -0.4 is 0 Å². The van der Waals surface area contributed by atoms with Gasteiger partial charge in [-0.15, -0.1) is 0 Å². The van der Waals surface area contributed by atoms with Crippen LogP contribution in [0.2, 0.25) is 0 Å². The summed E-state index contributed by atoms with van der Waals surface area (Å²) in [5.74, 6) is 4.16. The maximum absolute atomic E-state index is 5.77. The highest BCUT2D eigenvalue weighted by Crippen LogP contribution is 2.48. The molecule has 0 aliphatic heterocycles. The molecule has 0 amide bonds. The first-order valence-corrected chi connectivity index (χ1v) is 9.05. The van der Waals surface area contributed by atoms with Crippen LogP contribution >= 0.6 is 0 Å². The molecule has 0 spiro atoms. The Balaban J connectivity index is 2.17. The molecule has 19 heavy (non-hydrogen) atoms. The minimum absolute atomic E-state index is 0.0637. The smallest absolute Gasteiger partial charge is 0.364 e. The van der Waals surface area contributed by atoms with Gasteiger partial charge < -0.3 is 13.3 Å². The molecule has 1 saturated carbocycles.